The van der Waals surface area contributed by atoms with Gasteiger partial charge >= 0.3 is 0 Å². The van der Waals surface area contributed by atoms with Crippen molar-refractivity contribution in [3.63, 3.8) is 0 Å². The Labute approximate surface area is 106 Å². The van der Waals surface area contributed by atoms with Gasteiger partial charge in [-0.05, 0) is 39.5 Å². The summed E-state index contributed by atoms with van der Waals surface area (Å²) >= 11 is 0. The van der Waals surface area contributed by atoms with E-state index in [2.05, 4.69) is 39.9 Å². The molecule has 0 rings (SSSR count). The molecule has 1 amide bonds. The van der Waals surface area contributed by atoms with Crippen molar-refractivity contribution in [1.82, 2.24) is 5.32 Å². The predicted octanol–water partition coefficient (Wildman–Crippen LogP) is 3.13. The summed E-state index contributed by atoms with van der Waals surface area (Å²) in [6.45, 7) is 15.2. The molecule has 0 bridgehead atoms. The summed E-state index contributed by atoms with van der Waals surface area (Å²) in [5.41, 5.74) is 0.0452. The van der Waals surface area contributed by atoms with Crippen molar-refractivity contribution in [2.45, 2.75) is 73.0 Å². The van der Waals surface area contributed by atoms with Crippen molar-refractivity contribution >= 4 is 5.91 Å². The average Bonchev–Trinajstić information content (AvgIpc) is 1.96. The van der Waals surface area contributed by atoms with Gasteiger partial charge in [0.25, 0.3) is 0 Å². The second-order valence-electron chi connectivity index (χ2n) is 6.64. The minimum atomic E-state index is -0.165. The Morgan fingerprint density at radius 3 is 2.18 bits per heavy atom. The van der Waals surface area contributed by atoms with Gasteiger partial charge in [0, 0.05) is 12.1 Å². The second kappa shape index (κ2) is 6.39. The molecule has 0 aromatic heterocycles. The molecule has 0 aromatic rings. The van der Waals surface area contributed by atoms with Crippen molar-refractivity contribution in [3.8, 4) is 0 Å². The summed E-state index contributed by atoms with van der Waals surface area (Å²) in [7, 11) is 0. The molecule has 1 N–H and O–H groups in total. The highest BCUT2D eigenvalue weighted by atomic mass is 16.5. The Bertz CT molecular complexity index is 241. The van der Waals surface area contributed by atoms with E-state index in [0.717, 1.165) is 6.42 Å². The van der Waals surface area contributed by atoms with Crippen molar-refractivity contribution < 1.29 is 9.53 Å². The molecule has 0 saturated carbocycles. The highest BCUT2D eigenvalue weighted by molar-refractivity contribution is 5.77. The Morgan fingerprint density at radius 1 is 1.24 bits per heavy atom. The number of amides is 1. The van der Waals surface area contributed by atoms with E-state index in [4.69, 9.17) is 4.74 Å². The zero-order chi connectivity index (χ0) is 13.7. The summed E-state index contributed by atoms with van der Waals surface area (Å²) in [4.78, 5) is 11.8. The van der Waals surface area contributed by atoms with Gasteiger partial charge in [0.05, 0.1) is 12.5 Å². The average molecular weight is 243 g/mol. The molecule has 0 spiro atoms. The highest BCUT2D eigenvalue weighted by Gasteiger charge is 2.27. The number of carbonyl (C=O) groups excluding carboxylic acids is 1. The first kappa shape index (κ1) is 16.4. The van der Waals surface area contributed by atoms with Crippen LogP contribution in [0, 0.1) is 5.41 Å². The summed E-state index contributed by atoms with van der Waals surface area (Å²) in [5, 5.41) is 3.08. The largest absolute Gasteiger partial charge is 0.378 e. The normalized spacial score (nSPS) is 14.5. The van der Waals surface area contributed by atoms with Crippen molar-refractivity contribution in [2.24, 2.45) is 5.41 Å². The smallest absolute Gasteiger partial charge is 0.223 e. The Hall–Kier alpha value is -0.570. The lowest BCUT2D eigenvalue weighted by molar-refractivity contribution is -0.125. The number of nitrogens with one attached hydrogen (secondary N) is 1. The first-order valence-corrected chi connectivity index (χ1v) is 6.48. The van der Waals surface area contributed by atoms with Gasteiger partial charge in [-0.3, -0.25) is 4.79 Å². The van der Waals surface area contributed by atoms with E-state index >= 15 is 0 Å². The van der Waals surface area contributed by atoms with E-state index < -0.39 is 0 Å². The lowest BCUT2D eigenvalue weighted by Gasteiger charge is -2.33. The van der Waals surface area contributed by atoms with Gasteiger partial charge in [0.15, 0.2) is 0 Å². The molecule has 0 aliphatic carbocycles. The first-order chi connectivity index (χ1) is 7.56. The number of rotatable bonds is 6. The van der Waals surface area contributed by atoms with Crippen molar-refractivity contribution in [2.75, 3.05) is 6.61 Å². The fraction of sp³-hybridized carbons (Fsp3) is 0.929. The molecule has 1 atom stereocenters. The minimum Gasteiger partial charge on any atom is -0.378 e. The zero-order valence-corrected chi connectivity index (χ0v) is 12.5. The van der Waals surface area contributed by atoms with Gasteiger partial charge in [0.1, 0.15) is 0 Å². The maximum atomic E-state index is 11.8. The molecule has 1 unspecified atom stereocenters. The number of ether oxygens (including phenoxy) is 1. The molecule has 3 heteroatoms. The molecule has 17 heavy (non-hydrogen) atoms. The predicted molar refractivity (Wildman–Crippen MR) is 72.0 cm³/mol. The number of hydrogen-bond donors (Lipinski definition) is 1. The van der Waals surface area contributed by atoms with Crippen LogP contribution in [-0.2, 0) is 9.53 Å². The van der Waals surface area contributed by atoms with E-state index in [1.54, 1.807) is 0 Å². The molecular weight excluding hydrogens is 214 g/mol. The Balaban J connectivity index is 4.18. The lowest BCUT2D eigenvalue weighted by atomic mass is 9.82. The van der Waals surface area contributed by atoms with Crippen LogP contribution in [0.2, 0.25) is 0 Å². The van der Waals surface area contributed by atoms with Crippen LogP contribution < -0.4 is 5.32 Å². The fourth-order valence-corrected chi connectivity index (χ4v) is 2.40. The molecule has 0 aliphatic heterocycles. The third kappa shape index (κ3) is 9.16. The van der Waals surface area contributed by atoms with Gasteiger partial charge in [-0.25, -0.2) is 0 Å². The maximum Gasteiger partial charge on any atom is 0.223 e. The lowest BCUT2D eigenvalue weighted by Crippen LogP contribution is -2.46. The van der Waals surface area contributed by atoms with Gasteiger partial charge in [0.2, 0.25) is 5.91 Å². The molecule has 0 aliphatic rings. The molecule has 0 aromatic carbocycles. The van der Waals surface area contributed by atoms with E-state index in [-0.39, 0.29) is 23.0 Å². The second-order valence-corrected chi connectivity index (χ2v) is 6.64. The summed E-state index contributed by atoms with van der Waals surface area (Å²) in [5.74, 6) is 0.0696. The molecule has 0 saturated heterocycles. The monoisotopic (exact) mass is 243 g/mol. The van der Waals surface area contributed by atoms with Crippen LogP contribution in [0.1, 0.15) is 61.3 Å². The fourth-order valence-electron chi connectivity index (χ4n) is 2.40. The SMILES string of the molecule is CCOC(C)CC(=O)NC(C)(C)CC(C)(C)C. The Kier molecular flexibility index (Phi) is 6.17. The van der Waals surface area contributed by atoms with Crippen LogP contribution in [0.15, 0.2) is 0 Å². The number of carbonyl (C=O) groups is 1. The van der Waals surface area contributed by atoms with Crippen LogP contribution in [0.4, 0.5) is 0 Å². The quantitative estimate of drug-likeness (QED) is 0.778. The third-order valence-electron chi connectivity index (χ3n) is 2.37. The third-order valence-corrected chi connectivity index (χ3v) is 2.37. The van der Waals surface area contributed by atoms with E-state index in [0.29, 0.717) is 13.0 Å². The van der Waals surface area contributed by atoms with Gasteiger partial charge < -0.3 is 10.1 Å². The molecule has 0 fully saturated rings. The standard InChI is InChI=1S/C14H29NO2/c1-8-17-11(2)9-12(16)15-14(6,7)10-13(3,4)5/h11H,8-10H2,1-7H3,(H,15,16). The van der Waals surface area contributed by atoms with E-state index in [1.165, 1.54) is 0 Å². The number of hydrogen-bond acceptors (Lipinski definition) is 2. The van der Waals surface area contributed by atoms with Crippen LogP contribution in [0.5, 0.6) is 0 Å². The van der Waals surface area contributed by atoms with Crippen molar-refractivity contribution in [1.29, 1.82) is 0 Å². The van der Waals surface area contributed by atoms with Crippen LogP contribution in [0.25, 0.3) is 0 Å². The molecule has 3 nitrogen and oxygen atoms in total. The Morgan fingerprint density at radius 2 is 1.76 bits per heavy atom. The van der Waals surface area contributed by atoms with Crippen LogP contribution >= 0.6 is 0 Å². The van der Waals surface area contributed by atoms with Gasteiger partial charge in [-0.1, -0.05) is 20.8 Å². The van der Waals surface area contributed by atoms with Crippen LogP contribution in [0.3, 0.4) is 0 Å². The van der Waals surface area contributed by atoms with Gasteiger partial charge in [-0.15, -0.1) is 0 Å². The van der Waals surface area contributed by atoms with E-state index in [9.17, 15) is 4.79 Å². The molecule has 102 valence electrons. The maximum absolute atomic E-state index is 11.8. The van der Waals surface area contributed by atoms with E-state index in [1.807, 2.05) is 13.8 Å². The summed E-state index contributed by atoms with van der Waals surface area (Å²) in [6, 6.07) is 0. The van der Waals surface area contributed by atoms with Gasteiger partial charge in [-0.2, -0.15) is 0 Å². The minimum absolute atomic E-state index is 0.00885. The first-order valence-electron chi connectivity index (χ1n) is 6.48. The molecular formula is C14H29NO2. The summed E-state index contributed by atoms with van der Waals surface area (Å²) in [6.07, 6.45) is 1.38. The van der Waals surface area contributed by atoms with Crippen molar-refractivity contribution in [3.05, 3.63) is 0 Å². The molecule has 0 heterocycles. The zero-order valence-electron chi connectivity index (χ0n) is 12.5. The summed E-state index contributed by atoms with van der Waals surface area (Å²) < 4.78 is 5.37. The molecule has 0 radical (unpaired) electrons. The highest BCUT2D eigenvalue weighted by Crippen LogP contribution is 2.26. The van der Waals surface area contributed by atoms with Crippen LogP contribution in [-0.4, -0.2) is 24.2 Å². The topological polar surface area (TPSA) is 38.3 Å².